The van der Waals surface area contributed by atoms with Gasteiger partial charge in [0.25, 0.3) is 0 Å². The van der Waals surface area contributed by atoms with Crippen LogP contribution in [0.1, 0.15) is 6.92 Å². The van der Waals surface area contributed by atoms with Gasteiger partial charge >= 0.3 is 0 Å². The maximum absolute atomic E-state index is 3.96. The van der Waals surface area contributed by atoms with Crippen LogP contribution in [-0.4, -0.2) is 5.84 Å². The third kappa shape index (κ3) is 0.671. The third-order valence-electron chi connectivity index (χ3n) is 0.523. The summed E-state index contributed by atoms with van der Waals surface area (Å²) in [6, 6.07) is 0. The standard InChI is InChI=1S/C2H6N3P/c1-2-3-5-6-4-2/h5-6H,1H3,(H,3,4). The Hall–Kier alpha value is -0.140. The van der Waals surface area contributed by atoms with Crippen LogP contribution in [0.5, 0.6) is 0 Å². The number of rotatable bonds is 0. The fraction of sp³-hybridized carbons (Fsp3) is 0.500. The molecule has 0 aromatic carbocycles. The van der Waals surface area contributed by atoms with E-state index in [2.05, 4.69) is 15.4 Å². The Morgan fingerprint density at radius 2 is 2.67 bits per heavy atom. The molecular weight excluding hydrogens is 97.0 g/mol. The summed E-state index contributed by atoms with van der Waals surface area (Å²) < 4.78 is 3.96. The fourth-order valence-electron chi connectivity index (χ4n) is 0.258. The van der Waals surface area contributed by atoms with E-state index in [1.807, 2.05) is 6.92 Å². The molecule has 0 spiro atoms. The van der Waals surface area contributed by atoms with Gasteiger partial charge < -0.3 is 5.43 Å². The molecule has 6 heavy (non-hydrogen) atoms. The van der Waals surface area contributed by atoms with Crippen LogP contribution in [0, 0.1) is 0 Å². The van der Waals surface area contributed by atoms with Crippen LogP contribution < -0.4 is 10.6 Å². The highest BCUT2D eigenvalue weighted by Crippen LogP contribution is 2.06. The molecule has 34 valence electrons. The van der Waals surface area contributed by atoms with Gasteiger partial charge in [-0.1, -0.05) is 0 Å². The smallest absolute Gasteiger partial charge is 0.113 e. The highest BCUT2D eigenvalue weighted by molar-refractivity contribution is 7.34. The van der Waals surface area contributed by atoms with Gasteiger partial charge in [0.15, 0.2) is 0 Å². The first-order valence-corrected chi connectivity index (χ1v) is 2.64. The van der Waals surface area contributed by atoms with E-state index in [0.29, 0.717) is 8.88 Å². The summed E-state index contributed by atoms with van der Waals surface area (Å²) in [5, 5.41) is 2.85. The summed E-state index contributed by atoms with van der Waals surface area (Å²) >= 11 is 0. The van der Waals surface area contributed by atoms with Gasteiger partial charge in [-0.2, -0.15) is 5.20 Å². The minimum absolute atomic E-state index is 0.516. The van der Waals surface area contributed by atoms with Gasteiger partial charge in [0.05, 0.1) is 8.88 Å². The van der Waals surface area contributed by atoms with Gasteiger partial charge in [0, 0.05) is 0 Å². The number of nitrogens with one attached hydrogen (secondary N) is 2. The summed E-state index contributed by atoms with van der Waals surface area (Å²) in [6.07, 6.45) is 0. The quantitative estimate of drug-likeness (QED) is 0.424. The largest absolute Gasteiger partial charge is 0.305 e. The maximum Gasteiger partial charge on any atom is 0.113 e. The topological polar surface area (TPSA) is 36.4 Å². The molecule has 0 fully saturated rings. The van der Waals surface area contributed by atoms with Crippen LogP contribution in [0.3, 0.4) is 0 Å². The van der Waals surface area contributed by atoms with Gasteiger partial charge in [-0.3, -0.25) is 0 Å². The summed E-state index contributed by atoms with van der Waals surface area (Å²) in [5.41, 5.74) is 2.83. The second-order valence-corrected chi connectivity index (χ2v) is 1.76. The van der Waals surface area contributed by atoms with Gasteiger partial charge in [0.2, 0.25) is 0 Å². The lowest BCUT2D eigenvalue weighted by Crippen LogP contribution is -2.23. The van der Waals surface area contributed by atoms with Gasteiger partial charge in [-0.25, -0.2) is 4.76 Å². The Bertz CT molecular complexity index is 78.9. The minimum Gasteiger partial charge on any atom is -0.305 e. The lowest BCUT2D eigenvalue weighted by molar-refractivity contribution is 0.941. The van der Waals surface area contributed by atoms with E-state index in [9.17, 15) is 0 Å². The first-order chi connectivity index (χ1) is 2.89. The van der Waals surface area contributed by atoms with Crippen LogP contribution in [0.15, 0.2) is 4.76 Å². The van der Waals surface area contributed by atoms with E-state index in [4.69, 9.17) is 0 Å². The van der Waals surface area contributed by atoms with E-state index in [1.165, 1.54) is 0 Å². The van der Waals surface area contributed by atoms with Crippen molar-refractivity contribution in [2.24, 2.45) is 4.76 Å². The molecule has 1 rings (SSSR count). The third-order valence-corrected chi connectivity index (χ3v) is 1.21. The summed E-state index contributed by atoms with van der Waals surface area (Å²) in [6.45, 7) is 1.92. The average Bonchev–Trinajstić information content (AvgIpc) is 1.86. The molecule has 1 heterocycles. The van der Waals surface area contributed by atoms with Crippen molar-refractivity contribution in [2.75, 3.05) is 0 Å². The lowest BCUT2D eigenvalue weighted by atomic mass is 10.7. The fourth-order valence-corrected chi connectivity index (χ4v) is 0.774. The number of amidine groups is 1. The Labute approximate surface area is 38.1 Å². The number of hydrogen-bond acceptors (Lipinski definition) is 3. The minimum atomic E-state index is 0.516. The van der Waals surface area contributed by atoms with Crippen LogP contribution in [0.4, 0.5) is 0 Å². The van der Waals surface area contributed by atoms with Crippen LogP contribution in [-0.2, 0) is 0 Å². The lowest BCUT2D eigenvalue weighted by Gasteiger charge is -1.86. The molecule has 2 N–H and O–H groups in total. The average molecular weight is 103 g/mol. The maximum atomic E-state index is 3.96. The zero-order valence-electron chi connectivity index (χ0n) is 3.45. The molecule has 1 atom stereocenters. The number of hydrazine groups is 1. The van der Waals surface area contributed by atoms with Gasteiger partial charge in [-0.15, -0.1) is 0 Å². The van der Waals surface area contributed by atoms with E-state index >= 15 is 0 Å². The molecule has 0 aromatic rings. The van der Waals surface area contributed by atoms with Crippen molar-refractivity contribution in [3.63, 3.8) is 0 Å². The van der Waals surface area contributed by atoms with E-state index in [-0.39, 0.29) is 0 Å². The first kappa shape index (κ1) is 4.03. The summed E-state index contributed by atoms with van der Waals surface area (Å²) in [4.78, 5) is 0. The molecule has 1 unspecified atom stereocenters. The molecule has 4 heteroatoms. The van der Waals surface area contributed by atoms with Crippen LogP contribution >= 0.6 is 8.88 Å². The summed E-state index contributed by atoms with van der Waals surface area (Å²) in [7, 11) is 0.516. The van der Waals surface area contributed by atoms with Crippen LogP contribution in [0.25, 0.3) is 0 Å². The van der Waals surface area contributed by atoms with E-state index in [0.717, 1.165) is 5.84 Å². The summed E-state index contributed by atoms with van der Waals surface area (Å²) in [5.74, 6) is 0.980. The van der Waals surface area contributed by atoms with Crippen LogP contribution in [0.2, 0.25) is 0 Å². The van der Waals surface area contributed by atoms with Crippen molar-refractivity contribution in [1.29, 1.82) is 0 Å². The Balaban J connectivity index is 2.45. The highest BCUT2D eigenvalue weighted by atomic mass is 31.1. The Morgan fingerprint density at radius 1 is 1.83 bits per heavy atom. The Kier molecular flexibility index (Phi) is 1.03. The zero-order valence-corrected chi connectivity index (χ0v) is 4.45. The predicted molar refractivity (Wildman–Crippen MR) is 27.7 cm³/mol. The van der Waals surface area contributed by atoms with Crippen molar-refractivity contribution < 1.29 is 0 Å². The number of nitrogens with zero attached hydrogens (tertiary/aromatic N) is 1. The predicted octanol–water partition coefficient (Wildman–Crippen LogP) is 0.0211. The van der Waals surface area contributed by atoms with Crippen molar-refractivity contribution in [2.45, 2.75) is 6.92 Å². The first-order valence-electron chi connectivity index (χ1n) is 1.70. The zero-order chi connectivity index (χ0) is 4.41. The molecule has 1 aliphatic rings. The van der Waals surface area contributed by atoms with Gasteiger partial charge in [-0.05, 0) is 6.92 Å². The molecule has 0 bridgehead atoms. The molecule has 3 nitrogen and oxygen atoms in total. The van der Waals surface area contributed by atoms with Crippen molar-refractivity contribution in [1.82, 2.24) is 10.6 Å². The van der Waals surface area contributed by atoms with E-state index in [1.54, 1.807) is 0 Å². The number of hydrogen-bond donors (Lipinski definition) is 2. The molecule has 0 saturated heterocycles. The molecular formula is C2H6N3P. The second-order valence-electron chi connectivity index (χ2n) is 1.06. The molecule has 0 saturated carbocycles. The second kappa shape index (κ2) is 1.54. The normalized spacial score (nSPS) is 23.8. The monoisotopic (exact) mass is 103 g/mol. The molecule has 1 aliphatic heterocycles. The molecule has 0 amide bonds. The highest BCUT2D eigenvalue weighted by Gasteiger charge is 1.92. The molecule has 0 aliphatic carbocycles. The molecule has 0 radical (unpaired) electrons. The Morgan fingerprint density at radius 3 is 2.83 bits per heavy atom. The van der Waals surface area contributed by atoms with E-state index < -0.39 is 0 Å². The SMILES string of the molecule is CC1=NPNN1. The van der Waals surface area contributed by atoms with Crippen molar-refractivity contribution in [3.05, 3.63) is 0 Å². The van der Waals surface area contributed by atoms with Crippen molar-refractivity contribution in [3.8, 4) is 0 Å². The molecule has 0 aromatic heterocycles. The van der Waals surface area contributed by atoms with Gasteiger partial charge in [0.1, 0.15) is 5.84 Å². The van der Waals surface area contributed by atoms with Crippen molar-refractivity contribution >= 4 is 14.7 Å².